The van der Waals surface area contributed by atoms with Gasteiger partial charge in [0, 0.05) is 6.42 Å². The maximum absolute atomic E-state index is 12.1. The van der Waals surface area contributed by atoms with Crippen molar-refractivity contribution in [3.05, 3.63) is 35.9 Å². The molecule has 1 amide bonds. The molecule has 0 fully saturated rings. The average molecular weight is 277 g/mol. The number of aryl methyl sites for hydroxylation is 1. The number of amides is 1. The summed E-state index contributed by atoms with van der Waals surface area (Å²) in [5.74, 6) is -1.06. The number of hydrogen-bond donors (Lipinski definition) is 3. The van der Waals surface area contributed by atoms with Gasteiger partial charge in [-0.15, -0.1) is 0 Å². The quantitative estimate of drug-likeness (QED) is 0.570. The lowest BCUT2D eigenvalue weighted by atomic mass is 9.86. The molecule has 0 aromatic heterocycles. The Bertz CT molecular complexity index is 448. The van der Waals surface area contributed by atoms with Gasteiger partial charge in [0.05, 0.1) is 0 Å². The number of nitrogens with two attached hydrogens (primary N) is 3. The van der Waals surface area contributed by atoms with E-state index in [1.165, 1.54) is 0 Å². The highest BCUT2D eigenvalue weighted by atomic mass is 16.2. The molecule has 0 unspecified atom stereocenters. The summed E-state index contributed by atoms with van der Waals surface area (Å²) in [5, 5.41) is 0. The zero-order valence-corrected chi connectivity index (χ0v) is 11.7. The van der Waals surface area contributed by atoms with E-state index in [1.54, 1.807) is 0 Å². The zero-order valence-electron chi connectivity index (χ0n) is 11.7. The Kier molecular flexibility index (Phi) is 6.35. The SMILES string of the molecule is NCCC[C@](N)(C(N)=O)C(=O)CCCc1ccccc1. The summed E-state index contributed by atoms with van der Waals surface area (Å²) in [6.45, 7) is 0.378. The number of hydrogen-bond acceptors (Lipinski definition) is 4. The Hall–Kier alpha value is -1.72. The molecule has 6 N–H and O–H groups in total. The third-order valence-corrected chi connectivity index (χ3v) is 3.42. The third kappa shape index (κ3) is 4.43. The van der Waals surface area contributed by atoms with Crippen LogP contribution in [0.5, 0.6) is 0 Å². The average Bonchev–Trinajstić information content (AvgIpc) is 2.45. The first-order chi connectivity index (χ1) is 9.50. The lowest BCUT2D eigenvalue weighted by molar-refractivity contribution is -0.134. The molecule has 0 aliphatic rings. The second-order valence-electron chi connectivity index (χ2n) is 4.99. The van der Waals surface area contributed by atoms with Crippen molar-refractivity contribution in [2.75, 3.05) is 6.54 Å². The number of ketones is 1. The van der Waals surface area contributed by atoms with Gasteiger partial charge in [0.1, 0.15) is 0 Å². The van der Waals surface area contributed by atoms with Gasteiger partial charge in [-0.05, 0) is 37.8 Å². The van der Waals surface area contributed by atoms with Crippen molar-refractivity contribution in [3.8, 4) is 0 Å². The van der Waals surface area contributed by atoms with Crippen LogP contribution in [-0.2, 0) is 16.0 Å². The normalized spacial score (nSPS) is 13.7. The van der Waals surface area contributed by atoms with Gasteiger partial charge in [-0.2, -0.15) is 0 Å². The number of rotatable bonds is 9. The summed E-state index contributed by atoms with van der Waals surface area (Å²) in [7, 11) is 0. The van der Waals surface area contributed by atoms with Crippen LogP contribution in [0, 0.1) is 0 Å². The van der Waals surface area contributed by atoms with Crippen molar-refractivity contribution in [2.24, 2.45) is 17.2 Å². The molecule has 0 radical (unpaired) electrons. The van der Waals surface area contributed by atoms with E-state index in [1.807, 2.05) is 30.3 Å². The number of carbonyl (C=O) groups excluding carboxylic acids is 2. The van der Waals surface area contributed by atoms with Crippen LogP contribution in [0.4, 0.5) is 0 Å². The second kappa shape index (κ2) is 7.77. The summed E-state index contributed by atoms with van der Waals surface area (Å²) in [5.41, 5.74) is 16.1. The molecular formula is C15H23N3O2. The van der Waals surface area contributed by atoms with E-state index in [9.17, 15) is 9.59 Å². The van der Waals surface area contributed by atoms with Crippen LogP contribution in [0.3, 0.4) is 0 Å². The molecule has 0 aliphatic carbocycles. The van der Waals surface area contributed by atoms with Gasteiger partial charge in [0.2, 0.25) is 5.91 Å². The molecule has 5 heteroatoms. The van der Waals surface area contributed by atoms with Crippen LogP contribution in [0.2, 0.25) is 0 Å². The van der Waals surface area contributed by atoms with E-state index in [0.29, 0.717) is 19.4 Å². The van der Waals surface area contributed by atoms with Gasteiger partial charge in [0.15, 0.2) is 11.3 Å². The van der Waals surface area contributed by atoms with Crippen LogP contribution in [0.25, 0.3) is 0 Å². The Morgan fingerprint density at radius 1 is 1.10 bits per heavy atom. The third-order valence-electron chi connectivity index (χ3n) is 3.42. The summed E-state index contributed by atoms with van der Waals surface area (Å²) in [6, 6.07) is 9.86. The minimum atomic E-state index is -1.57. The Labute approximate surface area is 119 Å². The monoisotopic (exact) mass is 277 g/mol. The minimum absolute atomic E-state index is 0.211. The van der Waals surface area contributed by atoms with Crippen molar-refractivity contribution in [2.45, 2.75) is 37.6 Å². The highest BCUT2D eigenvalue weighted by molar-refractivity contribution is 6.09. The first kappa shape index (κ1) is 16.3. The van der Waals surface area contributed by atoms with E-state index >= 15 is 0 Å². The van der Waals surface area contributed by atoms with Crippen molar-refractivity contribution in [1.82, 2.24) is 0 Å². The molecule has 0 bridgehead atoms. The fourth-order valence-corrected chi connectivity index (χ4v) is 2.10. The molecule has 0 saturated heterocycles. The molecule has 0 spiro atoms. The Morgan fingerprint density at radius 2 is 1.75 bits per heavy atom. The lowest BCUT2D eigenvalue weighted by Crippen LogP contribution is -2.58. The van der Waals surface area contributed by atoms with Gasteiger partial charge >= 0.3 is 0 Å². The van der Waals surface area contributed by atoms with Gasteiger partial charge in [0.25, 0.3) is 0 Å². The second-order valence-corrected chi connectivity index (χ2v) is 4.99. The summed E-state index contributed by atoms with van der Waals surface area (Å²) >= 11 is 0. The molecule has 1 rings (SSSR count). The molecule has 5 nitrogen and oxygen atoms in total. The first-order valence-electron chi connectivity index (χ1n) is 6.87. The maximum Gasteiger partial charge on any atom is 0.245 e. The molecule has 0 saturated carbocycles. The minimum Gasteiger partial charge on any atom is -0.368 e. The van der Waals surface area contributed by atoms with Crippen LogP contribution in [0.1, 0.15) is 31.2 Å². The highest BCUT2D eigenvalue weighted by Gasteiger charge is 2.38. The number of carbonyl (C=O) groups is 2. The molecular weight excluding hydrogens is 254 g/mol. The molecule has 0 aliphatic heterocycles. The highest BCUT2D eigenvalue weighted by Crippen LogP contribution is 2.15. The van der Waals surface area contributed by atoms with Gasteiger partial charge in [-0.25, -0.2) is 0 Å². The Morgan fingerprint density at radius 3 is 2.30 bits per heavy atom. The fourth-order valence-electron chi connectivity index (χ4n) is 2.10. The van der Waals surface area contributed by atoms with Crippen LogP contribution in [-0.4, -0.2) is 23.8 Å². The molecule has 0 heterocycles. The number of Topliss-reactive ketones (excluding diaryl/α,β-unsaturated/α-hetero) is 1. The van der Waals surface area contributed by atoms with Crippen molar-refractivity contribution in [1.29, 1.82) is 0 Å². The Balaban J connectivity index is 2.52. The topological polar surface area (TPSA) is 112 Å². The molecule has 110 valence electrons. The number of benzene rings is 1. The lowest BCUT2D eigenvalue weighted by Gasteiger charge is -2.24. The van der Waals surface area contributed by atoms with Gasteiger partial charge in [-0.3, -0.25) is 9.59 Å². The summed E-state index contributed by atoms with van der Waals surface area (Å²) in [6.07, 6.45) is 2.39. The fraction of sp³-hybridized carbons (Fsp3) is 0.467. The van der Waals surface area contributed by atoms with Crippen LogP contribution < -0.4 is 17.2 Å². The summed E-state index contributed by atoms with van der Waals surface area (Å²) in [4.78, 5) is 23.6. The van der Waals surface area contributed by atoms with Crippen molar-refractivity contribution in [3.63, 3.8) is 0 Å². The standard InChI is InChI=1S/C15H23N3O2/c16-11-5-10-15(18,14(17)20)13(19)9-4-8-12-6-2-1-3-7-12/h1-3,6-7H,4-5,8-11,16,18H2,(H2,17,20)/t15-/m1/s1. The predicted octanol–water partition coefficient (Wildman–Crippen LogP) is 0.500. The predicted molar refractivity (Wildman–Crippen MR) is 78.8 cm³/mol. The molecule has 1 aromatic carbocycles. The first-order valence-corrected chi connectivity index (χ1v) is 6.87. The smallest absolute Gasteiger partial charge is 0.245 e. The molecule has 20 heavy (non-hydrogen) atoms. The van der Waals surface area contributed by atoms with E-state index in [-0.39, 0.29) is 18.6 Å². The van der Waals surface area contributed by atoms with E-state index in [0.717, 1.165) is 12.0 Å². The van der Waals surface area contributed by atoms with Crippen molar-refractivity contribution >= 4 is 11.7 Å². The van der Waals surface area contributed by atoms with Crippen LogP contribution in [0.15, 0.2) is 30.3 Å². The number of primary amides is 1. The van der Waals surface area contributed by atoms with Gasteiger partial charge in [-0.1, -0.05) is 30.3 Å². The largest absolute Gasteiger partial charge is 0.368 e. The van der Waals surface area contributed by atoms with E-state index in [4.69, 9.17) is 17.2 Å². The van der Waals surface area contributed by atoms with E-state index < -0.39 is 11.4 Å². The van der Waals surface area contributed by atoms with E-state index in [2.05, 4.69) is 0 Å². The molecule has 1 atom stereocenters. The van der Waals surface area contributed by atoms with Gasteiger partial charge < -0.3 is 17.2 Å². The molecule has 1 aromatic rings. The van der Waals surface area contributed by atoms with Crippen LogP contribution >= 0.6 is 0 Å². The zero-order chi connectivity index (χ0) is 15.0. The summed E-state index contributed by atoms with van der Waals surface area (Å²) < 4.78 is 0. The maximum atomic E-state index is 12.1. The van der Waals surface area contributed by atoms with Crippen molar-refractivity contribution < 1.29 is 9.59 Å².